The summed E-state index contributed by atoms with van der Waals surface area (Å²) in [7, 11) is 3.94. The lowest BCUT2D eigenvalue weighted by atomic mass is 10.2. The van der Waals surface area contributed by atoms with Crippen LogP contribution in [0.4, 0.5) is 20.6 Å². The van der Waals surface area contributed by atoms with Crippen molar-refractivity contribution in [2.75, 3.05) is 24.3 Å². The highest BCUT2D eigenvalue weighted by Gasteiger charge is 2.07. The molecule has 0 saturated carbocycles. The molecular formula is C17H20FN3O. The highest BCUT2D eigenvalue weighted by Crippen LogP contribution is 2.15. The molecule has 0 bridgehead atoms. The molecule has 0 saturated heterocycles. The summed E-state index contributed by atoms with van der Waals surface area (Å²) in [5.41, 5.74) is 3.14. The molecule has 0 aliphatic carbocycles. The van der Waals surface area contributed by atoms with Crippen LogP contribution in [0.2, 0.25) is 0 Å². The molecule has 2 amide bonds. The zero-order valence-electron chi connectivity index (χ0n) is 13.0. The van der Waals surface area contributed by atoms with Crippen LogP contribution in [0, 0.1) is 12.7 Å². The summed E-state index contributed by atoms with van der Waals surface area (Å²) in [4.78, 5) is 13.8. The van der Waals surface area contributed by atoms with Crippen molar-refractivity contribution in [2.24, 2.45) is 0 Å². The fourth-order valence-electron chi connectivity index (χ4n) is 2.00. The standard InChI is InChI=1S/C17H20FN3O/c1-12-4-9-15(18)16(10-12)20-17(22)19-11-13-5-7-14(8-6-13)21(2)3/h4-10H,11H2,1-3H3,(H2,19,20,22). The summed E-state index contributed by atoms with van der Waals surface area (Å²) >= 11 is 0. The van der Waals surface area contributed by atoms with Gasteiger partial charge < -0.3 is 15.5 Å². The first kappa shape index (κ1) is 15.8. The normalized spacial score (nSPS) is 10.2. The van der Waals surface area contributed by atoms with Crippen molar-refractivity contribution >= 4 is 17.4 Å². The van der Waals surface area contributed by atoms with E-state index in [1.165, 1.54) is 6.07 Å². The fraction of sp³-hybridized carbons (Fsp3) is 0.235. The van der Waals surface area contributed by atoms with Gasteiger partial charge in [0.2, 0.25) is 0 Å². The van der Waals surface area contributed by atoms with Crippen LogP contribution < -0.4 is 15.5 Å². The van der Waals surface area contributed by atoms with Crippen molar-refractivity contribution in [1.29, 1.82) is 0 Å². The molecule has 4 nitrogen and oxygen atoms in total. The Kier molecular flexibility index (Phi) is 4.99. The number of benzene rings is 2. The zero-order valence-corrected chi connectivity index (χ0v) is 13.0. The van der Waals surface area contributed by atoms with E-state index < -0.39 is 11.8 Å². The van der Waals surface area contributed by atoms with Crippen LogP contribution in [-0.2, 0) is 6.54 Å². The summed E-state index contributed by atoms with van der Waals surface area (Å²) < 4.78 is 13.6. The lowest BCUT2D eigenvalue weighted by molar-refractivity contribution is 0.251. The molecule has 0 fully saturated rings. The molecule has 2 rings (SSSR count). The van der Waals surface area contributed by atoms with Crippen molar-refractivity contribution < 1.29 is 9.18 Å². The molecule has 2 aromatic carbocycles. The van der Waals surface area contributed by atoms with Gasteiger partial charge in [0, 0.05) is 26.3 Å². The predicted molar refractivity (Wildman–Crippen MR) is 87.8 cm³/mol. The Morgan fingerprint density at radius 3 is 2.45 bits per heavy atom. The molecule has 0 aliphatic heterocycles. The van der Waals surface area contributed by atoms with Gasteiger partial charge in [-0.2, -0.15) is 0 Å². The van der Waals surface area contributed by atoms with E-state index in [4.69, 9.17) is 0 Å². The molecular weight excluding hydrogens is 281 g/mol. The van der Waals surface area contributed by atoms with Crippen LogP contribution >= 0.6 is 0 Å². The largest absolute Gasteiger partial charge is 0.378 e. The van der Waals surface area contributed by atoms with Gasteiger partial charge >= 0.3 is 6.03 Å². The number of anilines is 2. The van der Waals surface area contributed by atoms with E-state index in [0.717, 1.165) is 16.8 Å². The van der Waals surface area contributed by atoms with Gasteiger partial charge in [0.1, 0.15) is 5.82 Å². The minimum atomic E-state index is -0.448. The molecule has 2 aromatic rings. The molecule has 0 heterocycles. The van der Waals surface area contributed by atoms with E-state index in [0.29, 0.717) is 6.54 Å². The van der Waals surface area contributed by atoms with Crippen molar-refractivity contribution in [3.8, 4) is 0 Å². The molecule has 0 spiro atoms. The average molecular weight is 301 g/mol. The van der Waals surface area contributed by atoms with Gasteiger partial charge in [-0.15, -0.1) is 0 Å². The van der Waals surface area contributed by atoms with E-state index in [9.17, 15) is 9.18 Å². The lowest BCUT2D eigenvalue weighted by Crippen LogP contribution is -2.28. The van der Waals surface area contributed by atoms with Crippen molar-refractivity contribution in [3.05, 3.63) is 59.4 Å². The zero-order chi connectivity index (χ0) is 16.1. The molecule has 0 atom stereocenters. The third kappa shape index (κ3) is 4.22. The fourth-order valence-corrected chi connectivity index (χ4v) is 2.00. The maximum atomic E-state index is 13.6. The number of nitrogens with one attached hydrogen (secondary N) is 2. The number of urea groups is 1. The molecule has 2 N–H and O–H groups in total. The predicted octanol–water partition coefficient (Wildman–Crippen LogP) is 3.52. The molecule has 0 radical (unpaired) electrons. The van der Waals surface area contributed by atoms with Gasteiger partial charge in [-0.05, 0) is 42.3 Å². The number of hydrogen-bond donors (Lipinski definition) is 2. The summed E-state index contributed by atoms with van der Waals surface area (Å²) in [6.07, 6.45) is 0. The third-order valence-corrected chi connectivity index (χ3v) is 3.28. The van der Waals surface area contributed by atoms with Gasteiger partial charge in [-0.25, -0.2) is 9.18 Å². The molecule has 116 valence electrons. The van der Waals surface area contributed by atoms with Gasteiger partial charge in [0.15, 0.2) is 0 Å². The van der Waals surface area contributed by atoms with Gasteiger partial charge in [-0.1, -0.05) is 18.2 Å². The minimum absolute atomic E-state index is 0.181. The second-order valence-corrected chi connectivity index (χ2v) is 5.35. The number of rotatable bonds is 4. The minimum Gasteiger partial charge on any atom is -0.378 e. The van der Waals surface area contributed by atoms with Crippen LogP contribution in [-0.4, -0.2) is 20.1 Å². The molecule has 0 aliphatic rings. The van der Waals surface area contributed by atoms with E-state index in [1.54, 1.807) is 12.1 Å². The maximum Gasteiger partial charge on any atom is 0.319 e. The number of aryl methyl sites for hydroxylation is 1. The molecule has 0 unspecified atom stereocenters. The number of nitrogens with zero attached hydrogens (tertiary/aromatic N) is 1. The van der Waals surface area contributed by atoms with Gasteiger partial charge in [0.05, 0.1) is 5.69 Å². The first-order valence-electron chi connectivity index (χ1n) is 7.03. The van der Waals surface area contributed by atoms with Crippen molar-refractivity contribution in [2.45, 2.75) is 13.5 Å². The van der Waals surface area contributed by atoms with Crippen molar-refractivity contribution in [3.63, 3.8) is 0 Å². The van der Waals surface area contributed by atoms with Crippen molar-refractivity contribution in [1.82, 2.24) is 5.32 Å². The Bertz CT molecular complexity index is 653. The monoisotopic (exact) mass is 301 g/mol. The topological polar surface area (TPSA) is 44.4 Å². The Labute approximate surface area is 129 Å². The highest BCUT2D eigenvalue weighted by molar-refractivity contribution is 5.89. The molecule has 22 heavy (non-hydrogen) atoms. The number of carbonyl (C=O) groups excluding carboxylic acids is 1. The molecule has 0 aromatic heterocycles. The van der Waals surface area contributed by atoms with E-state index in [1.807, 2.05) is 50.2 Å². The number of amides is 2. The van der Waals surface area contributed by atoms with Gasteiger partial charge in [0.25, 0.3) is 0 Å². The second-order valence-electron chi connectivity index (χ2n) is 5.35. The second kappa shape index (κ2) is 6.93. The van der Waals surface area contributed by atoms with E-state index in [-0.39, 0.29) is 5.69 Å². The Morgan fingerprint density at radius 1 is 1.14 bits per heavy atom. The first-order valence-corrected chi connectivity index (χ1v) is 7.03. The van der Waals surface area contributed by atoms with Gasteiger partial charge in [-0.3, -0.25) is 0 Å². The third-order valence-electron chi connectivity index (χ3n) is 3.28. The summed E-state index contributed by atoms with van der Waals surface area (Å²) in [6.45, 7) is 2.22. The Hall–Kier alpha value is -2.56. The summed E-state index contributed by atoms with van der Waals surface area (Å²) in [5, 5.41) is 5.23. The van der Waals surface area contributed by atoms with E-state index in [2.05, 4.69) is 10.6 Å². The van der Waals surface area contributed by atoms with Crippen LogP contribution in [0.15, 0.2) is 42.5 Å². The smallest absolute Gasteiger partial charge is 0.319 e. The van der Waals surface area contributed by atoms with E-state index >= 15 is 0 Å². The SMILES string of the molecule is Cc1ccc(F)c(NC(=O)NCc2ccc(N(C)C)cc2)c1. The molecule has 5 heteroatoms. The first-order chi connectivity index (χ1) is 10.5. The summed E-state index contributed by atoms with van der Waals surface area (Å²) in [5.74, 6) is -0.448. The maximum absolute atomic E-state index is 13.6. The number of halogens is 1. The van der Waals surface area contributed by atoms with Crippen LogP contribution in [0.5, 0.6) is 0 Å². The van der Waals surface area contributed by atoms with Crippen LogP contribution in [0.1, 0.15) is 11.1 Å². The lowest BCUT2D eigenvalue weighted by Gasteiger charge is -2.13. The summed E-state index contributed by atoms with van der Waals surface area (Å²) in [6, 6.07) is 12.0. The Morgan fingerprint density at radius 2 is 1.82 bits per heavy atom. The number of hydrogen-bond acceptors (Lipinski definition) is 2. The highest BCUT2D eigenvalue weighted by atomic mass is 19.1. The Balaban J connectivity index is 1.91. The quantitative estimate of drug-likeness (QED) is 0.907. The number of carbonyl (C=O) groups is 1. The average Bonchev–Trinajstić information content (AvgIpc) is 2.49. The van der Waals surface area contributed by atoms with Crippen LogP contribution in [0.3, 0.4) is 0 Å². The van der Waals surface area contributed by atoms with Crippen LogP contribution in [0.25, 0.3) is 0 Å².